The maximum Gasteiger partial charge on any atom is 0.119 e. The highest BCUT2D eigenvalue weighted by Crippen LogP contribution is 2.13. The zero-order chi connectivity index (χ0) is 14.8. The van der Waals surface area contributed by atoms with Crippen molar-refractivity contribution in [2.24, 2.45) is 0 Å². The number of hydrogen-bond donors (Lipinski definition) is 1. The minimum absolute atomic E-state index is 0.720. The maximum absolute atomic E-state index is 5.74. The van der Waals surface area contributed by atoms with Crippen LogP contribution in [0.4, 0.5) is 0 Å². The van der Waals surface area contributed by atoms with Gasteiger partial charge in [0.1, 0.15) is 12.4 Å². The molecule has 0 aliphatic carbocycles. The number of hydrogen-bond acceptors (Lipinski definition) is 3. The highest BCUT2D eigenvalue weighted by molar-refractivity contribution is 7.07. The quantitative estimate of drug-likeness (QED) is 0.661. The van der Waals surface area contributed by atoms with Gasteiger partial charge in [-0.25, -0.2) is 0 Å². The van der Waals surface area contributed by atoms with E-state index in [-0.39, 0.29) is 0 Å². The molecule has 1 heterocycles. The minimum Gasteiger partial charge on any atom is -0.492 e. The molecule has 2 nitrogen and oxygen atoms in total. The molecule has 1 aromatic carbocycles. The molecule has 0 aliphatic rings. The topological polar surface area (TPSA) is 21.3 Å². The summed E-state index contributed by atoms with van der Waals surface area (Å²) in [6, 6.07) is 10.7. The number of benzene rings is 1. The predicted molar refractivity (Wildman–Crippen MR) is 91.4 cm³/mol. The van der Waals surface area contributed by atoms with E-state index < -0.39 is 0 Å². The first-order valence-electron chi connectivity index (χ1n) is 7.82. The zero-order valence-corrected chi connectivity index (χ0v) is 13.6. The molecule has 2 rings (SSSR count). The van der Waals surface area contributed by atoms with Crippen LogP contribution in [0.25, 0.3) is 0 Å². The number of aryl methyl sites for hydroxylation is 1. The van der Waals surface area contributed by atoms with Crippen LogP contribution in [-0.2, 0) is 12.8 Å². The monoisotopic (exact) mass is 303 g/mol. The average Bonchev–Trinajstić information content (AvgIpc) is 3.03. The Morgan fingerprint density at radius 1 is 1.00 bits per heavy atom. The Kier molecular flexibility index (Phi) is 7.33. The molecule has 0 radical (unpaired) electrons. The highest BCUT2D eigenvalue weighted by Gasteiger charge is 1.96. The van der Waals surface area contributed by atoms with E-state index in [4.69, 9.17) is 4.74 Å². The van der Waals surface area contributed by atoms with Gasteiger partial charge in [0.2, 0.25) is 0 Å². The molecule has 0 aliphatic heterocycles. The Hall–Kier alpha value is -1.32. The van der Waals surface area contributed by atoms with Gasteiger partial charge in [0, 0.05) is 6.54 Å². The molecule has 0 amide bonds. The van der Waals surface area contributed by atoms with Crippen LogP contribution in [-0.4, -0.2) is 19.7 Å². The van der Waals surface area contributed by atoms with E-state index in [1.165, 1.54) is 30.4 Å². The molecule has 0 atom stereocenters. The first kappa shape index (κ1) is 16.1. The summed E-state index contributed by atoms with van der Waals surface area (Å²) in [6.07, 6.45) is 4.76. The Morgan fingerprint density at radius 2 is 1.86 bits per heavy atom. The van der Waals surface area contributed by atoms with Gasteiger partial charge in [0.05, 0.1) is 0 Å². The van der Waals surface area contributed by atoms with E-state index in [0.29, 0.717) is 0 Å². The zero-order valence-electron chi connectivity index (χ0n) is 12.8. The SMILES string of the molecule is CCCCc1ccc(OCCNCCc2ccsc2)cc1. The molecule has 114 valence electrons. The summed E-state index contributed by atoms with van der Waals surface area (Å²) in [5, 5.41) is 7.75. The van der Waals surface area contributed by atoms with Crippen LogP contribution < -0.4 is 10.1 Å². The van der Waals surface area contributed by atoms with Crippen LogP contribution in [0.15, 0.2) is 41.1 Å². The number of rotatable bonds is 10. The smallest absolute Gasteiger partial charge is 0.119 e. The van der Waals surface area contributed by atoms with Gasteiger partial charge in [-0.05, 0) is 65.9 Å². The van der Waals surface area contributed by atoms with Gasteiger partial charge in [0.25, 0.3) is 0 Å². The van der Waals surface area contributed by atoms with Crippen molar-refractivity contribution < 1.29 is 4.74 Å². The normalized spacial score (nSPS) is 10.7. The van der Waals surface area contributed by atoms with E-state index in [9.17, 15) is 0 Å². The third-order valence-corrected chi connectivity index (χ3v) is 4.19. The van der Waals surface area contributed by atoms with Crippen molar-refractivity contribution in [2.75, 3.05) is 19.7 Å². The molecule has 2 aromatic rings. The van der Waals surface area contributed by atoms with Crippen molar-refractivity contribution >= 4 is 11.3 Å². The fourth-order valence-electron chi connectivity index (χ4n) is 2.17. The van der Waals surface area contributed by atoms with Crippen molar-refractivity contribution in [1.29, 1.82) is 0 Å². The van der Waals surface area contributed by atoms with Crippen LogP contribution in [0.1, 0.15) is 30.9 Å². The minimum atomic E-state index is 0.720. The summed E-state index contributed by atoms with van der Waals surface area (Å²) >= 11 is 1.76. The lowest BCUT2D eigenvalue weighted by Gasteiger charge is -2.08. The second kappa shape index (κ2) is 9.59. The van der Waals surface area contributed by atoms with Crippen LogP contribution in [0, 0.1) is 0 Å². The summed E-state index contributed by atoms with van der Waals surface area (Å²) in [6.45, 7) is 4.85. The summed E-state index contributed by atoms with van der Waals surface area (Å²) in [5.74, 6) is 0.967. The van der Waals surface area contributed by atoms with Crippen LogP contribution in [0.5, 0.6) is 5.75 Å². The van der Waals surface area contributed by atoms with Gasteiger partial charge in [-0.3, -0.25) is 0 Å². The molecule has 0 saturated carbocycles. The summed E-state index contributed by atoms with van der Waals surface area (Å²) < 4.78 is 5.74. The second-order valence-electron chi connectivity index (χ2n) is 5.23. The summed E-state index contributed by atoms with van der Waals surface area (Å²) in [5.41, 5.74) is 2.81. The van der Waals surface area contributed by atoms with E-state index in [0.717, 1.165) is 31.9 Å². The predicted octanol–water partition coefficient (Wildman–Crippen LogP) is 4.30. The molecule has 0 bridgehead atoms. The fraction of sp³-hybridized carbons (Fsp3) is 0.444. The van der Waals surface area contributed by atoms with Crippen LogP contribution >= 0.6 is 11.3 Å². The lowest BCUT2D eigenvalue weighted by atomic mass is 10.1. The Morgan fingerprint density at radius 3 is 2.57 bits per heavy atom. The van der Waals surface area contributed by atoms with Gasteiger partial charge in [-0.1, -0.05) is 25.5 Å². The van der Waals surface area contributed by atoms with E-state index in [1.807, 2.05) is 0 Å². The molecule has 0 saturated heterocycles. The third kappa shape index (κ3) is 6.32. The standard InChI is InChI=1S/C18H25NOS/c1-2-3-4-16-5-7-18(8-6-16)20-13-12-19-11-9-17-10-14-21-15-17/h5-8,10,14-15,19H,2-4,9,11-13H2,1H3. The Balaban J connectivity index is 1.55. The Bertz CT molecular complexity index is 478. The first-order chi connectivity index (χ1) is 10.4. The van der Waals surface area contributed by atoms with Crippen LogP contribution in [0.2, 0.25) is 0 Å². The van der Waals surface area contributed by atoms with Crippen molar-refractivity contribution in [2.45, 2.75) is 32.6 Å². The van der Waals surface area contributed by atoms with E-state index >= 15 is 0 Å². The number of nitrogens with one attached hydrogen (secondary N) is 1. The van der Waals surface area contributed by atoms with E-state index in [1.54, 1.807) is 11.3 Å². The highest BCUT2D eigenvalue weighted by atomic mass is 32.1. The van der Waals surface area contributed by atoms with Crippen molar-refractivity contribution in [1.82, 2.24) is 5.32 Å². The largest absolute Gasteiger partial charge is 0.492 e. The first-order valence-corrected chi connectivity index (χ1v) is 8.76. The lowest BCUT2D eigenvalue weighted by Crippen LogP contribution is -2.23. The van der Waals surface area contributed by atoms with Gasteiger partial charge >= 0.3 is 0 Å². The molecule has 21 heavy (non-hydrogen) atoms. The van der Waals surface area contributed by atoms with Gasteiger partial charge in [-0.15, -0.1) is 0 Å². The summed E-state index contributed by atoms with van der Waals surface area (Å²) in [4.78, 5) is 0. The molecule has 0 unspecified atom stereocenters. The fourth-order valence-corrected chi connectivity index (χ4v) is 2.87. The molecule has 1 N–H and O–H groups in total. The maximum atomic E-state index is 5.74. The molecule has 0 fully saturated rings. The second-order valence-corrected chi connectivity index (χ2v) is 6.01. The van der Waals surface area contributed by atoms with Gasteiger partial charge in [-0.2, -0.15) is 11.3 Å². The number of ether oxygens (including phenoxy) is 1. The molecule has 3 heteroatoms. The Labute approximate surface area is 132 Å². The van der Waals surface area contributed by atoms with Crippen molar-refractivity contribution in [3.63, 3.8) is 0 Å². The van der Waals surface area contributed by atoms with E-state index in [2.05, 4.69) is 53.3 Å². The number of unbranched alkanes of at least 4 members (excludes halogenated alkanes) is 1. The number of thiophene rings is 1. The molecule has 1 aromatic heterocycles. The van der Waals surface area contributed by atoms with Crippen molar-refractivity contribution in [3.05, 3.63) is 52.2 Å². The van der Waals surface area contributed by atoms with Gasteiger partial charge < -0.3 is 10.1 Å². The average molecular weight is 303 g/mol. The molecule has 0 spiro atoms. The van der Waals surface area contributed by atoms with Crippen LogP contribution in [0.3, 0.4) is 0 Å². The molecular formula is C18H25NOS. The van der Waals surface area contributed by atoms with Crippen molar-refractivity contribution in [3.8, 4) is 5.75 Å². The van der Waals surface area contributed by atoms with Gasteiger partial charge in [0.15, 0.2) is 0 Å². The molecular weight excluding hydrogens is 278 g/mol. The lowest BCUT2D eigenvalue weighted by molar-refractivity contribution is 0.314. The summed E-state index contributed by atoms with van der Waals surface area (Å²) in [7, 11) is 0. The third-order valence-electron chi connectivity index (χ3n) is 3.46.